The maximum absolute atomic E-state index is 10.2. The van der Waals surface area contributed by atoms with E-state index in [2.05, 4.69) is 49.4 Å². The Morgan fingerprint density at radius 1 is 0.964 bits per heavy atom. The van der Waals surface area contributed by atoms with Crippen LogP contribution in [-0.2, 0) is 0 Å². The van der Waals surface area contributed by atoms with Gasteiger partial charge in [0.1, 0.15) is 0 Å². The van der Waals surface area contributed by atoms with Gasteiger partial charge in [0.2, 0.25) is 5.95 Å². The molecule has 2 aliphatic heterocycles. The van der Waals surface area contributed by atoms with Gasteiger partial charge in [0.15, 0.2) is 0 Å². The molecule has 4 rings (SSSR count). The van der Waals surface area contributed by atoms with Crippen molar-refractivity contribution in [3.8, 4) is 11.1 Å². The van der Waals surface area contributed by atoms with Crippen LogP contribution in [0.2, 0.25) is 0 Å². The van der Waals surface area contributed by atoms with Crippen molar-refractivity contribution in [2.24, 2.45) is 5.92 Å². The molecule has 6 heteroatoms. The highest BCUT2D eigenvalue weighted by Gasteiger charge is 2.31. The third-order valence-electron chi connectivity index (χ3n) is 6.09. The van der Waals surface area contributed by atoms with Gasteiger partial charge in [0, 0.05) is 68.5 Å². The molecule has 0 aliphatic carbocycles. The number of aliphatic hydroxyl groups is 1. The number of rotatable bonds is 4. The van der Waals surface area contributed by atoms with Gasteiger partial charge >= 0.3 is 0 Å². The van der Waals surface area contributed by atoms with E-state index in [1.165, 1.54) is 11.3 Å². The van der Waals surface area contributed by atoms with E-state index in [4.69, 9.17) is 0 Å². The molecule has 2 aliphatic rings. The van der Waals surface area contributed by atoms with Crippen molar-refractivity contribution in [3.63, 3.8) is 0 Å². The molecule has 2 aromatic rings. The van der Waals surface area contributed by atoms with E-state index < -0.39 is 5.60 Å². The molecular formula is C22H31N5O. The van der Waals surface area contributed by atoms with Crippen molar-refractivity contribution in [2.75, 3.05) is 49.1 Å². The summed E-state index contributed by atoms with van der Waals surface area (Å²) in [5, 5.41) is 13.6. The Kier molecular flexibility index (Phi) is 5.51. The first-order valence-electron chi connectivity index (χ1n) is 10.4. The van der Waals surface area contributed by atoms with Gasteiger partial charge < -0.3 is 20.2 Å². The molecule has 0 unspecified atom stereocenters. The number of para-hydroxylation sites is 1. The maximum Gasteiger partial charge on any atom is 0.225 e. The van der Waals surface area contributed by atoms with Crippen LogP contribution in [0.15, 0.2) is 36.7 Å². The molecule has 1 aromatic carbocycles. The van der Waals surface area contributed by atoms with Gasteiger partial charge in [-0.3, -0.25) is 0 Å². The van der Waals surface area contributed by atoms with Crippen LogP contribution in [0.25, 0.3) is 11.1 Å². The summed E-state index contributed by atoms with van der Waals surface area (Å²) in [5.41, 5.74) is 2.90. The molecule has 1 aromatic heterocycles. The van der Waals surface area contributed by atoms with Gasteiger partial charge in [-0.25, -0.2) is 9.97 Å². The fraction of sp³-hybridized carbons (Fsp3) is 0.545. The fourth-order valence-corrected chi connectivity index (χ4v) is 4.31. The highest BCUT2D eigenvalue weighted by molar-refractivity contribution is 5.78. The third-order valence-corrected chi connectivity index (χ3v) is 6.09. The number of aromatic nitrogens is 2. The molecule has 6 nitrogen and oxygen atoms in total. The number of piperazine rings is 1. The minimum Gasteiger partial charge on any atom is -0.390 e. The Labute approximate surface area is 167 Å². The molecule has 0 amide bonds. The maximum atomic E-state index is 10.2. The largest absolute Gasteiger partial charge is 0.390 e. The van der Waals surface area contributed by atoms with E-state index in [9.17, 15) is 5.11 Å². The lowest BCUT2D eigenvalue weighted by Crippen LogP contribution is -2.43. The standard InChI is InChI=1S/C22H31N5O/c1-22(2,28)18-7-11-27(12-8-18)21-24-15-17(16-25-21)19-5-3-4-6-20(19)26-13-9-23-10-14-26/h3-6,15-16,18,23,28H,7-14H2,1-2H3. The average molecular weight is 382 g/mol. The Morgan fingerprint density at radius 3 is 2.25 bits per heavy atom. The monoisotopic (exact) mass is 381 g/mol. The lowest BCUT2D eigenvalue weighted by molar-refractivity contribution is 0.00640. The average Bonchev–Trinajstić information content (AvgIpc) is 2.74. The van der Waals surface area contributed by atoms with E-state index in [0.717, 1.165) is 63.6 Å². The highest BCUT2D eigenvalue weighted by Crippen LogP contribution is 2.32. The van der Waals surface area contributed by atoms with Gasteiger partial charge in [-0.05, 0) is 38.7 Å². The molecule has 28 heavy (non-hydrogen) atoms. The van der Waals surface area contributed by atoms with E-state index >= 15 is 0 Å². The second-order valence-corrected chi connectivity index (χ2v) is 8.44. The van der Waals surface area contributed by atoms with Crippen LogP contribution in [0.3, 0.4) is 0 Å². The van der Waals surface area contributed by atoms with E-state index in [0.29, 0.717) is 5.92 Å². The molecule has 2 fully saturated rings. The predicted octanol–water partition coefficient (Wildman–Crippen LogP) is 2.54. The zero-order valence-electron chi connectivity index (χ0n) is 16.9. The molecule has 2 N–H and O–H groups in total. The first kappa shape index (κ1) is 19.2. The smallest absolute Gasteiger partial charge is 0.225 e. The van der Waals surface area contributed by atoms with Crippen LogP contribution >= 0.6 is 0 Å². The summed E-state index contributed by atoms with van der Waals surface area (Å²) in [6.45, 7) is 9.69. The number of piperidine rings is 1. The quantitative estimate of drug-likeness (QED) is 0.849. The Morgan fingerprint density at radius 2 is 1.61 bits per heavy atom. The van der Waals surface area contributed by atoms with Gasteiger partial charge in [-0.15, -0.1) is 0 Å². The minimum atomic E-state index is -0.607. The van der Waals surface area contributed by atoms with Crippen LogP contribution in [0, 0.1) is 5.92 Å². The topological polar surface area (TPSA) is 64.5 Å². The molecular weight excluding hydrogens is 350 g/mol. The minimum absolute atomic E-state index is 0.342. The fourth-order valence-electron chi connectivity index (χ4n) is 4.31. The van der Waals surface area contributed by atoms with Crippen molar-refractivity contribution in [1.29, 1.82) is 0 Å². The number of nitrogens with zero attached hydrogens (tertiary/aromatic N) is 4. The SMILES string of the molecule is CC(C)(O)C1CCN(c2ncc(-c3ccccc3N3CCNCC3)cn2)CC1. The normalized spacial score (nSPS) is 19.1. The number of nitrogens with one attached hydrogen (secondary N) is 1. The van der Waals surface area contributed by atoms with E-state index in [-0.39, 0.29) is 0 Å². The van der Waals surface area contributed by atoms with Gasteiger partial charge in [0.05, 0.1) is 5.60 Å². The zero-order valence-corrected chi connectivity index (χ0v) is 16.9. The third kappa shape index (κ3) is 4.13. The Bertz CT molecular complexity index is 772. The van der Waals surface area contributed by atoms with Gasteiger partial charge in [0.25, 0.3) is 0 Å². The van der Waals surface area contributed by atoms with Crippen LogP contribution in [-0.4, -0.2) is 59.9 Å². The molecule has 0 radical (unpaired) electrons. The second kappa shape index (κ2) is 8.05. The summed E-state index contributed by atoms with van der Waals surface area (Å²) in [4.78, 5) is 14.0. The molecule has 0 bridgehead atoms. The zero-order chi connectivity index (χ0) is 19.6. The van der Waals surface area contributed by atoms with Crippen molar-refractivity contribution < 1.29 is 5.11 Å². The lowest BCUT2D eigenvalue weighted by Gasteiger charge is -2.37. The first-order chi connectivity index (χ1) is 13.5. The summed E-state index contributed by atoms with van der Waals surface area (Å²) in [7, 11) is 0. The number of benzene rings is 1. The Hall–Kier alpha value is -2.18. The van der Waals surface area contributed by atoms with Gasteiger partial charge in [-0.2, -0.15) is 0 Å². The van der Waals surface area contributed by atoms with Crippen molar-refractivity contribution in [1.82, 2.24) is 15.3 Å². The molecule has 0 atom stereocenters. The summed E-state index contributed by atoms with van der Waals surface area (Å²) < 4.78 is 0. The van der Waals surface area contributed by atoms with Crippen LogP contribution in [0.4, 0.5) is 11.6 Å². The molecule has 2 saturated heterocycles. The van der Waals surface area contributed by atoms with Crippen LogP contribution in [0.5, 0.6) is 0 Å². The first-order valence-corrected chi connectivity index (χ1v) is 10.4. The number of anilines is 2. The van der Waals surface area contributed by atoms with Gasteiger partial charge in [-0.1, -0.05) is 18.2 Å². The second-order valence-electron chi connectivity index (χ2n) is 8.44. The summed E-state index contributed by atoms with van der Waals surface area (Å²) in [6, 6.07) is 8.53. The predicted molar refractivity (Wildman–Crippen MR) is 114 cm³/mol. The van der Waals surface area contributed by atoms with Crippen LogP contribution in [0.1, 0.15) is 26.7 Å². The Balaban J connectivity index is 1.49. The molecule has 3 heterocycles. The van der Waals surface area contributed by atoms with Crippen molar-refractivity contribution in [2.45, 2.75) is 32.3 Å². The van der Waals surface area contributed by atoms with E-state index in [1.807, 2.05) is 26.2 Å². The van der Waals surface area contributed by atoms with Crippen LogP contribution < -0.4 is 15.1 Å². The van der Waals surface area contributed by atoms with Crippen molar-refractivity contribution in [3.05, 3.63) is 36.7 Å². The summed E-state index contributed by atoms with van der Waals surface area (Å²) in [5.74, 6) is 1.13. The molecule has 150 valence electrons. The molecule has 0 saturated carbocycles. The van der Waals surface area contributed by atoms with E-state index in [1.54, 1.807) is 0 Å². The summed E-state index contributed by atoms with van der Waals surface area (Å²) >= 11 is 0. The number of hydrogen-bond acceptors (Lipinski definition) is 6. The number of hydrogen-bond donors (Lipinski definition) is 2. The summed E-state index contributed by atoms with van der Waals surface area (Å²) in [6.07, 6.45) is 5.84. The molecule has 0 spiro atoms. The highest BCUT2D eigenvalue weighted by atomic mass is 16.3. The van der Waals surface area contributed by atoms with Crippen molar-refractivity contribution >= 4 is 11.6 Å². The lowest BCUT2D eigenvalue weighted by atomic mass is 9.83.